The van der Waals surface area contributed by atoms with Gasteiger partial charge in [0, 0.05) is 38.8 Å². The molecule has 11 nitrogen and oxygen atoms in total. The predicted octanol–water partition coefficient (Wildman–Crippen LogP) is 1.36. The molecule has 2 N–H and O–H groups in total. The zero-order valence-electron chi connectivity index (χ0n) is 20.3. The fourth-order valence-corrected chi connectivity index (χ4v) is 4.36. The van der Waals surface area contributed by atoms with E-state index in [0.29, 0.717) is 24.9 Å². The van der Waals surface area contributed by atoms with E-state index in [4.69, 9.17) is 9.57 Å². The van der Waals surface area contributed by atoms with Gasteiger partial charge in [0.15, 0.2) is 0 Å². The number of benzene rings is 1. The van der Waals surface area contributed by atoms with E-state index in [1.165, 1.54) is 38.4 Å². The minimum absolute atomic E-state index is 0.00397. The first-order valence-electron chi connectivity index (χ1n) is 11.0. The lowest BCUT2D eigenvalue weighted by Gasteiger charge is -2.32. The number of likely N-dealkylation sites (tertiary alicyclic amines) is 1. The Hall–Kier alpha value is -2.70. The molecule has 0 aliphatic carbocycles. The molecule has 1 aromatic carbocycles. The normalized spacial score (nSPS) is 16.8. The second-order valence-electron chi connectivity index (χ2n) is 8.93. The van der Waals surface area contributed by atoms with Crippen LogP contribution in [0.25, 0.3) is 0 Å². The molecule has 3 amide bonds. The van der Waals surface area contributed by atoms with Crippen molar-refractivity contribution in [2.75, 3.05) is 40.3 Å². The fourth-order valence-electron chi connectivity index (χ4n) is 3.38. The molecular weight excluding hydrogens is 464 g/mol. The van der Waals surface area contributed by atoms with Crippen LogP contribution in [-0.4, -0.2) is 81.6 Å². The summed E-state index contributed by atoms with van der Waals surface area (Å²) in [4.78, 5) is 43.5. The Balaban J connectivity index is 1.88. The third kappa shape index (κ3) is 7.67. The number of sulfonamides is 1. The summed E-state index contributed by atoms with van der Waals surface area (Å²) in [6, 6.07) is 5.60. The smallest absolute Gasteiger partial charge is 0.407 e. The van der Waals surface area contributed by atoms with E-state index in [-0.39, 0.29) is 42.3 Å². The van der Waals surface area contributed by atoms with Crippen molar-refractivity contribution in [3.63, 3.8) is 0 Å². The minimum atomic E-state index is -3.80. The fraction of sp³-hybridized carbons (Fsp3) is 0.591. The van der Waals surface area contributed by atoms with Gasteiger partial charge in [0.05, 0.1) is 17.9 Å². The Morgan fingerprint density at radius 3 is 2.32 bits per heavy atom. The Morgan fingerprint density at radius 1 is 1.12 bits per heavy atom. The zero-order chi connectivity index (χ0) is 25.5. The molecule has 190 valence electrons. The van der Waals surface area contributed by atoms with Gasteiger partial charge < -0.3 is 20.3 Å². The molecule has 34 heavy (non-hydrogen) atoms. The van der Waals surface area contributed by atoms with Gasteiger partial charge in [-0.2, -0.15) is 0 Å². The molecule has 1 aromatic rings. The maximum absolute atomic E-state index is 12.9. The molecule has 0 saturated carbocycles. The average Bonchev–Trinajstić information content (AvgIpc) is 2.79. The van der Waals surface area contributed by atoms with Crippen molar-refractivity contribution < 1.29 is 32.4 Å². The summed E-state index contributed by atoms with van der Waals surface area (Å²) in [7, 11) is -1.28. The second-order valence-corrected chi connectivity index (χ2v) is 10.9. The molecule has 1 saturated heterocycles. The van der Waals surface area contributed by atoms with Gasteiger partial charge in [-0.25, -0.2) is 13.2 Å². The van der Waals surface area contributed by atoms with Crippen LogP contribution in [0, 0.1) is 5.92 Å². The van der Waals surface area contributed by atoms with Gasteiger partial charge >= 0.3 is 6.09 Å². The molecule has 0 spiro atoms. The number of piperidine rings is 1. The topological polar surface area (TPSA) is 134 Å². The average molecular weight is 499 g/mol. The monoisotopic (exact) mass is 498 g/mol. The molecule has 12 heteroatoms. The molecule has 2 rings (SSSR count). The van der Waals surface area contributed by atoms with E-state index in [0.717, 1.165) is 4.47 Å². The maximum Gasteiger partial charge on any atom is 0.407 e. The first kappa shape index (κ1) is 27.5. The van der Waals surface area contributed by atoms with Crippen LogP contribution in [-0.2, 0) is 24.4 Å². The molecule has 1 aliphatic heterocycles. The van der Waals surface area contributed by atoms with E-state index in [9.17, 15) is 22.8 Å². The Labute approximate surface area is 200 Å². The third-order valence-corrected chi connectivity index (χ3v) is 6.86. The first-order chi connectivity index (χ1) is 15.8. The lowest BCUT2D eigenvalue weighted by atomic mass is 9.96. The summed E-state index contributed by atoms with van der Waals surface area (Å²) < 4.78 is 30.5. The van der Waals surface area contributed by atoms with E-state index < -0.39 is 21.7 Å². The van der Waals surface area contributed by atoms with Crippen LogP contribution in [0.4, 0.5) is 4.79 Å². The molecule has 1 atom stereocenters. The number of nitrogens with one attached hydrogen (secondary N) is 2. The standard InChI is InChI=1S/C22H34N4O7S/c1-22(2,3)33-21(29)24-13-12-23-19(27)17-7-6-14-26(15-17)20(28)16-8-10-18(11-9-16)34(30,31)25(4)32-5/h8-11,17H,6-7,12-15H2,1-5H3,(H,23,27)(H,24,29). The summed E-state index contributed by atoms with van der Waals surface area (Å²) in [5.41, 5.74) is -0.262. The van der Waals surface area contributed by atoms with Crippen molar-refractivity contribution >= 4 is 27.9 Å². The predicted molar refractivity (Wildman–Crippen MR) is 124 cm³/mol. The first-order valence-corrected chi connectivity index (χ1v) is 12.5. The molecule has 1 fully saturated rings. The van der Waals surface area contributed by atoms with Crippen LogP contribution in [0.2, 0.25) is 0 Å². The molecular formula is C22H34N4O7S. The quantitative estimate of drug-likeness (QED) is 0.408. The van der Waals surface area contributed by atoms with Gasteiger partial charge in [0.1, 0.15) is 5.60 Å². The van der Waals surface area contributed by atoms with Gasteiger partial charge in [-0.1, -0.05) is 4.47 Å². The van der Waals surface area contributed by atoms with Crippen LogP contribution >= 0.6 is 0 Å². The summed E-state index contributed by atoms with van der Waals surface area (Å²) in [6.07, 6.45) is 0.768. The van der Waals surface area contributed by atoms with Crippen molar-refractivity contribution in [3.8, 4) is 0 Å². The number of ether oxygens (including phenoxy) is 1. The lowest BCUT2D eigenvalue weighted by Crippen LogP contribution is -2.46. The summed E-state index contributed by atoms with van der Waals surface area (Å²) in [5, 5.41) is 5.36. The number of hydroxylamine groups is 1. The minimum Gasteiger partial charge on any atom is -0.444 e. The third-order valence-electron chi connectivity index (χ3n) is 5.17. The van der Waals surface area contributed by atoms with Crippen LogP contribution < -0.4 is 10.6 Å². The molecule has 1 heterocycles. The van der Waals surface area contributed by atoms with Crippen LogP contribution in [0.3, 0.4) is 0 Å². The second kappa shape index (κ2) is 11.6. The van der Waals surface area contributed by atoms with E-state index >= 15 is 0 Å². The molecule has 1 unspecified atom stereocenters. The molecule has 0 bridgehead atoms. The Morgan fingerprint density at radius 2 is 1.74 bits per heavy atom. The highest BCUT2D eigenvalue weighted by atomic mass is 32.2. The van der Waals surface area contributed by atoms with E-state index in [1.54, 1.807) is 25.7 Å². The number of hydrogen-bond acceptors (Lipinski definition) is 7. The van der Waals surface area contributed by atoms with Crippen molar-refractivity contribution in [1.29, 1.82) is 0 Å². The van der Waals surface area contributed by atoms with E-state index in [1.807, 2.05) is 0 Å². The van der Waals surface area contributed by atoms with Gasteiger partial charge in [-0.05, 0) is 57.9 Å². The Kier molecular flexibility index (Phi) is 9.42. The summed E-state index contributed by atoms with van der Waals surface area (Å²) in [5.74, 6) is -0.824. The molecule has 0 aromatic heterocycles. The SMILES string of the molecule is CON(C)S(=O)(=O)c1ccc(C(=O)N2CCCC(C(=O)NCCNC(=O)OC(C)(C)C)C2)cc1. The zero-order valence-corrected chi connectivity index (χ0v) is 21.1. The van der Waals surface area contributed by atoms with Crippen molar-refractivity contribution in [2.24, 2.45) is 5.92 Å². The highest BCUT2D eigenvalue weighted by molar-refractivity contribution is 7.89. The molecule has 0 radical (unpaired) electrons. The van der Waals surface area contributed by atoms with Gasteiger partial charge in [0.2, 0.25) is 5.91 Å². The van der Waals surface area contributed by atoms with Crippen molar-refractivity contribution in [1.82, 2.24) is 20.0 Å². The number of nitrogens with zero attached hydrogens (tertiary/aromatic N) is 2. The number of carbonyl (C=O) groups is 3. The maximum atomic E-state index is 12.9. The largest absolute Gasteiger partial charge is 0.444 e. The van der Waals surface area contributed by atoms with Crippen molar-refractivity contribution in [2.45, 2.75) is 44.1 Å². The summed E-state index contributed by atoms with van der Waals surface area (Å²) >= 11 is 0. The van der Waals surface area contributed by atoms with Gasteiger partial charge in [0.25, 0.3) is 15.9 Å². The van der Waals surface area contributed by atoms with Crippen LogP contribution in [0.1, 0.15) is 44.0 Å². The number of hydrogen-bond donors (Lipinski definition) is 2. The summed E-state index contributed by atoms with van der Waals surface area (Å²) in [6.45, 7) is 6.53. The van der Waals surface area contributed by atoms with Crippen LogP contribution in [0.5, 0.6) is 0 Å². The highest BCUT2D eigenvalue weighted by Gasteiger charge is 2.29. The van der Waals surface area contributed by atoms with E-state index in [2.05, 4.69) is 10.6 Å². The number of amides is 3. The molecule has 1 aliphatic rings. The van der Waals surface area contributed by atoms with Crippen molar-refractivity contribution in [3.05, 3.63) is 29.8 Å². The van der Waals surface area contributed by atoms with Gasteiger partial charge in [-0.3, -0.25) is 14.4 Å². The number of alkyl carbamates (subject to hydrolysis) is 1. The highest BCUT2D eigenvalue weighted by Crippen LogP contribution is 2.21. The number of rotatable bonds is 8. The van der Waals surface area contributed by atoms with Crippen LogP contribution in [0.15, 0.2) is 29.2 Å². The number of carbonyl (C=O) groups excluding carboxylic acids is 3. The van der Waals surface area contributed by atoms with Gasteiger partial charge in [-0.15, -0.1) is 0 Å². The Bertz CT molecular complexity index is 974. The lowest BCUT2D eigenvalue weighted by molar-refractivity contribution is -0.126.